The molecule has 3 heterocycles. The van der Waals surface area contributed by atoms with Crippen molar-refractivity contribution in [2.75, 3.05) is 6.54 Å². The first kappa shape index (κ1) is 33.8. The average Bonchev–Trinajstić information content (AvgIpc) is 3.59. The Morgan fingerprint density at radius 3 is 2.15 bits per heavy atom. The van der Waals surface area contributed by atoms with Crippen LogP contribution < -0.4 is 5.32 Å². The third-order valence-corrected chi connectivity index (χ3v) is 7.94. The number of pyridine rings is 1. The van der Waals surface area contributed by atoms with Gasteiger partial charge in [0.15, 0.2) is 0 Å². The van der Waals surface area contributed by atoms with Gasteiger partial charge in [0.25, 0.3) is 11.8 Å². The highest BCUT2D eigenvalue weighted by molar-refractivity contribution is 6.21. The summed E-state index contributed by atoms with van der Waals surface area (Å²) in [6.45, 7) is 12.2. The van der Waals surface area contributed by atoms with Gasteiger partial charge in [-0.25, -0.2) is 4.79 Å². The second-order valence-electron chi connectivity index (χ2n) is 12.2. The summed E-state index contributed by atoms with van der Waals surface area (Å²) in [5, 5.41) is 18.2. The van der Waals surface area contributed by atoms with Crippen LogP contribution >= 0.6 is 0 Å². The summed E-state index contributed by atoms with van der Waals surface area (Å²) in [6.07, 6.45) is 3.76. The lowest BCUT2D eigenvalue weighted by Gasteiger charge is -2.21. The normalized spacial score (nSPS) is 12.5. The number of phenolic OH excluding ortho intramolecular Hbond substituents is 1. The van der Waals surface area contributed by atoms with E-state index in [1.807, 2.05) is 65.1 Å². The van der Waals surface area contributed by atoms with Gasteiger partial charge in [-0.3, -0.25) is 24.2 Å². The van der Waals surface area contributed by atoms with Crippen LogP contribution in [0.4, 0.5) is 4.79 Å². The standard InChI is InChI=1S/C36H35N5O5.C2H6/c1-5-26-29(20-37-30(21-38-35(45)46-36(2,3)4)32(26)22-10-13-25(42)14-11-22)23-12-15-31-24(18-23)19-39-41(31)17-16-40-33(43)27-8-6-7-9-28(27)34(40)44;1-2/h6-15,18-20,42H,5,16-17,21H2,1-4H3,(H,38,45);1-2H3. The Kier molecular flexibility index (Phi) is 9.93. The van der Waals surface area contributed by atoms with E-state index in [0.717, 1.165) is 38.7 Å². The molecule has 0 saturated carbocycles. The van der Waals surface area contributed by atoms with Crippen molar-refractivity contribution < 1.29 is 24.2 Å². The van der Waals surface area contributed by atoms with Crippen molar-refractivity contribution in [3.05, 3.63) is 102 Å². The van der Waals surface area contributed by atoms with Gasteiger partial charge in [-0.2, -0.15) is 5.10 Å². The molecule has 0 radical (unpaired) electrons. The molecule has 1 aliphatic rings. The van der Waals surface area contributed by atoms with Crippen molar-refractivity contribution in [2.24, 2.45) is 0 Å². The summed E-state index contributed by atoms with van der Waals surface area (Å²) in [4.78, 5) is 44.2. The highest BCUT2D eigenvalue weighted by Crippen LogP contribution is 2.36. The Morgan fingerprint density at radius 2 is 1.52 bits per heavy atom. The van der Waals surface area contributed by atoms with Crippen LogP contribution in [0.25, 0.3) is 33.2 Å². The first-order valence-corrected chi connectivity index (χ1v) is 16.2. The van der Waals surface area contributed by atoms with Crippen LogP contribution in [0.5, 0.6) is 5.75 Å². The number of ether oxygens (including phenoxy) is 1. The molecule has 0 fully saturated rings. The largest absolute Gasteiger partial charge is 0.508 e. The second kappa shape index (κ2) is 14.1. The minimum atomic E-state index is -0.628. The van der Waals surface area contributed by atoms with Crippen LogP contribution in [0.15, 0.2) is 79.1 Å². The van der Waals surface area contributed by atoms with E-state index in [1.54, 1.807) is 47.3 Å². The maximum Gasteiger partial charge on any atom is 0.407 e. The van der Waals surface area contributed by atoms with Crippen LogP contribution in [0.3, 0.4) is 0 Å². The van der Waals surface area contributed by atoms with Crippen molar-refractivity contribution in [1.82, 2.24) is 25.0 Å². The van der Waals surface area contributed by atoms with E-state index >= 15 is 0 Å². The number of rotatable bonds is 8. The molecule has 0 unspecified atom stereocenters. The highest BCUT2D eigenvalue weighted by atomic mass is 16.6. The number of amides is 3. The lowest BCUT2D eigenvalue weighted by atomic mass is 9.90. The van der Waals surface area contributed by atoms with Gasteiger partial charge in [0, 0.05) is 29.3 Å². The molecule has 10 heteroatoms. The molecule has 2 N–H and O–H groups in total. The van der Waals surface area contributed by atoms with E-state index in [-0.39, 0.29) is 30.7 Å². The topological polar surface area (TPSA) is 127 Å². The molecule has 6 rings (SSSR count). The number of carbonyl (C=O) groups is 3. The number of fused-ring (bicyclic) bond motifs is 2. The number of nitrogens with zero attached hydrogens (tertiary/aromatic N) is 4. The lowest BCUT2D eigenvalue weighted by molar-refractivity contribution is 0.0521. The Morgan fingerprint density at radius 1 is 0.875 bits per heavy atom. The molecular weight excluding hydrogens is 606 g/mol. The Hall–Kier alpha value is -5.51. The quantitative estimate of drug-likeness (QED) is 0.168. The summed E-state index contributed by atoms with van der Waals surface area (Å²) < 4.78 is 7.23. The molecule has 0 bridgehead atoms. The van der Waals surface area contributed by atoms with E-state index in [0.29, 0.717) is 29.8 Å². The number of aromatic nitrogens is 3. The Labute approximate surface area is 280 Å². The molecule has 3 amide bonds. The van der Waals surface area contributed by atoms with Crippen molar-refractivity contribution in [3.8, 4) is 28.0 Å². The molecule has 0 saturated heterocycles. The fourth-order valence-corrected chi connectivity index (χ4v) is 5.85. The number of carbonyl (C=O) groups excluding carboxylic acids is 3. The van der Waals surface area contributed by atoms with Gasteiger partial charge in [-0.05, 0) is 80.3 Å². The van der Waals surface area contributed by atoms with Crippen molar-refractivity contribution >= 4 is 28.8 Å². The first-order valence-electron chi connectivity index (χ1n) is 16.2. The summed E-state index contributed by atoms with van der Waals surface area (Å²) in [6, 6.07) is 19.9. The fourth-order valence-electron chi connectivity index (χ4n) is 5.85. The number of benzene rings is 3. The van der Waals surface area contributed by atoms with Gasteiger partial charge in [0.1, 0.15) is 11.4 Å². The molecule has 1 aliphatic heterocycles. The summed E-state index contributed by atoms with van der Waals surface area (Å²) >= 11 is 0. The summed E-state index contributed by atoms with van der Waals surface area (Å²) in [5.41, 5.74) is 6.47. The zero-order valence-electron chi connectivity index (χ0n) is 28.2. The predicted octanol–water partition coefficient (Wildman–Crippen LogP) is 7.38. The Bertz CT molecular complexity index is 1940. The zero-order chi connectivity index (χ0) is 34.6. The van der Waals surface area contributed by atoms with Gasteiger partial charge in [-0.15, -0.1) is 0 Å². The van der Waals surface area contributed by atoms with Crippen molar-refractivity contribution in [2.45, 2.75) is 66.7 Å². The molecule has 3 aromatic carbocycles. The fraction of sp³-hybridized carbons (Fsp3) is 0.289. The number of hydrogen-bond donors (Lipinski definition) is 2. The maximum absolute atomic E-state index is 12.8. The predicted molar refractivity (Wildman–Crippen MR) is 186 cm³/mol. The monoisotopic (exact) mass is 647 g/mol. The van der Waals surface area contributed by atoms with Gasteiger partial charge >= 0.3 is 6.09 Å². The minimum absolute atomic E-state index is 0.157. The number of alkyl carbamates (subject to hydrolysis) is 1. The van der Waals surface area contributed by atoms with Gasteiger partial charge < -0.3 is 15.2 Å². The number of hydrogen-bond acceptors (Lipinski definition) is 7. The molecule has 10 nitrogen and oxygen atoms in total. The number of aromatic hydroxyl groups is 1. The van der Waals surface area contributed by atoms with Crippen molar-refractivity contribution in [1.29, 1.82) is 0 Å². The van der Waals surface area contributed by atoms with Crippen LogP contribution in [0.2, 0.25) is 0 Å². The van der Waals surface area contributed by atoms with Crippen molar-refractivity contribution in [3.63, 3.8) is 0 Å². The molecule has 2 aromatic heterocycles. The van der Waals surface area contributed by atoms with E-state index in [1.165, 1.54) is 4.90 Å². The first-order chi connectivity index (χ1) is 23.0. The molecule has 248 valence electrons. The SMILES string of the molecule is CC.CCc1c(-c2ccc3c(cnn3CCN3C(=O)c4ccccc4C3=O)c2)cnc(CNC(=O)OC(C)(C)C)c1-c1ccc(O)cc1. The van der Waals surface area contributed by atoms with E-state index in [9.17, 15) is 19.5 Å². The minimum Gasteiger partial charge on any atom is -0.508 e. The highest BCUT2D eigenvalue weighted by Gasteiger charge is 2.34. The maximum atomic E-state index is 12.8. The number of imide groups is 1. The van der Waals surface area contributed by atoms with Crippen LogP contribution in [-0.4, -0.2) is 54.8 Å². The van der Waals surface area contributed by atoms with Gasteiger partial charge in [0.2, 0.25) is 0 Å². The van der Waals surface area contributed by atoms with Crippen LogP contribution in [0.1, 0.15) is 73.5 Å². The van der Waals surface area contributed by atoms with E-state index in [2.05, 4.69) is 23.4 Å². The van der Waals surface area contributed by atoms with E-state index < -0.39 is 11.7 Å². The molecular formula is C38H41N5O5. The summed E-state index contributed by atoms with van der Waals surface area (Å²) in [7, 11) is 0. The molecule has 48 heavy (non-hydrogen) atoms. The van der Waals surface area contributed by atoms with Crippen LogP contribution in [-0.2, 0) is 24.2 Å². The third kappa shape index (κ3) is 6.92. The van der Waals surface area contributed by atoms with Gasteiger partial charge in [-0.1, -0.05) is 51.1 Å². The smallest absolute Gasteiger partial charge is 0.407 e. The summed E-state index contributed by atoms with van der Waals surface area (Å²) in [5.74, 6) is -0.411. The van der Waals surface area contributed by atoms with Gasteiger partial charge in [0.05, 0.1) is 41.6 Å². The molecule has 0 atom stereocenters. The molecule has 0 spiro atoms. The van der Waals surface area contributed by atoms with Crippen LogP contribution in [0, 0.1) is 0 Å². The number of phenols is 1. The zero-order valence-corrected chi connectivity index (χ0v) is 28.2. The Balaban J connectivity index is 0.00000221. The average molecular weight is 648 g/mol. The molecule has 5 aromatic rings. The van der Waals surface area contributed by atoms with E-state index in [4.69, 9.17) is 9.72 Å². The molecule has 0 aliphatic carbocycles. The number of nitrogens with one attached hydrogen (secondary N) is 1. The second-order valence-corrected chi connectivity index (χ2v) is 12.2. The third-order valence-electron chi connectivity index (χ3n) is 7.94. The lowest BCUT2D eigenvalue weighted by Crippen LogP contribution is -2.33.